The van der Waals surface area contributed by atoms with Gasteiger partial charge in [-0.2, -0.15) is 0 Å². The third kappa shape index (κ3) is 6.19. The Bertz CT molecular complexity index is 94.6. The minimum Gasteiger partial charge on any atom is -0.384 e. The molecule has 0 aromatic rings. The molecule has 50 valence electrons. The Morgan fingerprint density at radius 3 is 2.12 bits per heavy atom. The molecule has 0 unspecified atom stereocenters. The van der Waals surface area contributed by atoms with Crippen molar-refractivity contribution in [2.24, 2.45) is 0 Å². The van der Waals surface area contributed by atoms with Crippen LogP contribution in [0.5, 0.6) is 0 Å². The van der Waals surface area contributed by atoms with Gasteiger partial charge in [0.05, 0.1) is 13.7 Å². The van der Waals surface area contributed by atoms with E-state index in [1.54, 1.807) is 20.4 Å². The van der Waals surface area contributed by atoms with Crippen LogP contribution in [0.2, 0.25) is 0 Å². The van der Waals surface area contributed by atoms with E-state index in [4.69, 9.17) is 4.74 Å². The highest BCUT2D eigenvalue weighted by Gasteiger charge is 2.04. The fourth-order valence-corrected chi connectivity index (χ4v) is 0.933. The van der Waals surface area contributed by atoms with E-state index in [1.807, 2.05) is 0 Å². The maximum absolute atomic E-state index is 10.9. The maximum atomic E-state index is 10.9. The van der Waals surface area contributed by atoms with Gasteiger partial charge in [-0.15, -0.1) is 0 Å². The smallest absolute Gasteiger partial charge is 0.0841 e. The summed E-state index contributed by atoms with van der Waals surface area (Å²) in [6.07, 6.45) is 0.698. The molecule has 8 heavy (non-hydrogen) atoms. The second kappa shape index (κ2) is 3.26. The van der Waals surface area contributed by atoms with Gasteiger partial charge in [-0.25, -0.2) is 0 Å². The Hall–Kier alpha value is 0.190. The zero-order chi connectivity index (χ0) is 6.62. The van der Waals surface area contributed by atoms with Gasteiger partial charge in [0.2, 0.25) is 0 Å². The van der Waals surface area contributed by atoms with Crippen molar-refractivity contribution in [1.29, 1.82) is 0 Å². The quantitative estimate of drug-likeness (QED) is 0.546. The minimum absolute atomic E-state index is 0.615. The molecule has 0 aliphatic heterocycles. The molecule has 0 amide bonds. The molecular weight excluding hydrogens is 123 g/mol. The standard InChI is InChI=1S/C5H13O2P/c1-7-4-5-8(2,3)6/h4-5H2,1-3H3. The van der Waals surface area contributed by atoms with Crippen LogP contribution < -0.4 is 0 Å². The monoisotopic (exact) mass is 136 g/mol. The van der Waals surface area contributed by atoms with Crippen LogP contribution in [-0.4, -0.2) is 33.2 Å². The van der Waals surface area contributed by atoms with Crippen molar-refractivity contribution in [2.45, 2.75) is 0 Å². The highest BCUT2D eigenvalue weighted by molar-refractivity contribution is 7.62. The Labute approximate surface area is 50.6 Å². The van der Waals surface area contributed by atoms with Crippen molar-refractivity contribution in [3.63, 3.8) is 0 Å². The Kier molecular flexibility index (Phi) is 3.34. The first-order chi connectivity index (χ1) is 3.56. The molecule has 0 saturated carbocycles. The molecular formula is C5H13O2P. The highest BCUT2D eigenvalue weighted by atomic mass is 31.2. The van der Waals surface area contributed by atoms with Gasteiger partial charge in [0.25, 0.3) is 0 Å². The fourth-order valence-electron chi connectivity index (χ4n) is 0.311. The summed E-state index contributed by atoms with van der Waals surface area (Å²) in [4.78, 5) is 0. The first-order valence-corrected chi connectivity index (χ1v) is 5.38. The molecule has 0 aromatic heterocycles. The van der Waals surface area contributed by atoms with Crippen LogP contribution in [-0.2, 0) is 9.30 Å². The largest absolute Gasteiger partial charge is 0.384 e. The summed E-state index contributed by atoms with van der Waals surface area (Å²) in [6, 6.07) is 0. The zero-order valence-electron chi connectivity index (χ0n) is 5.68. The van der Waals surface area contributed by atoms with Gasteiger partial charge >= 0.3 is 0 Å². The predicted octanol–water partition coefficient (Wildman–Crippen LogP) is 1.26. The molecule has 2 nitrogen and oxygen atoms in total. The Morgan fingerprint density at radius 1 is 1.50 bits per heavy atom. The number of hydrogen-bond donors (Lipinski definition) is 0. The average Bonchev–Trinajstić information content (AvgIpc) is 1.59. The van der Waals surface area contributed by atoms with Gasteiger partial charge < -0.3 is 9.30 Å². The lowest BCUT2D eigenvalue weighted by Crippen LogP contribution is -1.95. The van der Waals surface area contributed by atoms with Crippen LogP contribution in [0.1, 0.15) is 0 Å². The van der Waals surface area contributed by atoms with E-state index < -0.39 is 7.14 Å². The van der Waals surface area contributed by atoms with E-state index in [0.717, 1.165) is 0 Å². The van der Waals surface area contributed by atoms with Gasteiger partial charge in [0.1, 0.15) is 0 Å². The van der Waals surface area contributed by atoms with Crippen molar-refractivity contribution >= 4 is 7.14 Å². The Morgan fingerprint density at radius 2 is 2.00 bits per heavy atom. The van der Waals surface area contributed by atoms with Gasteiger partial charge in [0, 0.05) is 13.3 Å². The van der Waals surface area contributed by atoms with Crippen molar-refractivity contribution in [3.8, 4) is 0 Å². The summed E-state index contributed by atoms with van der Waals surface area (Å²) in [5.41, 5.74) is 0. The zero-order valence-corrected chi connectivity index (χ0v) is 6.57. The molecule has 0 heterocycles. The van der Waals surface area contributed by atoms with Gasteiger partial charge in [-0.3, -0.25) is 0 Å². The lowest BCUT2D eigenvalue weighted by Gasteiger charge is -2.02. The lowest BCUT2D eigenvalue weighted by molar-refractivity contribution is 0.217. The number of methoxy groups -OCH3 is 1. The van der Waals surface area contributed by atoms with Crippen molar-refractivity contribution < 1.29 is 9.30 Å². The predicted molar refractivity (Wildman–Crippen MR) is 36.2 cm³/mol. The summed E-state index contributed by atoms with van der Waals surface area (Å²) in [5.74, 6) is 0. The molecule has 0 saturated heterocycles. The van der Waals surface area contributed by atoms with E-state index in [9.17, 15) is 4.57 Å². The molecule has 0 aliphatic rings. The molecule has 0 atom stereocenters. The van der Waals surface area contributed by atoms with E-state index >= 15 is 0 Å². The fraction of sp³-hybridized carbons (Fsp3) is 1.00. The summed E-state index contributed by atoms with van der Waals surface area (Å²) in [5, 5.41) is 0. The van der Waals surface area contributed by atoms with E-state index in [1.165, 1.54) is 0 Å². The molecule has 0 fully saturated rings. The molecule has 0 radical (unpaired) electrons. The molecule has 3 heteroatoms. The van der Waals surface area contributed by atoms with Gasteiger partial charge in [-0.05, 0) is 13.3 Å². The second-order valence-electron chi connectivity index (χ2n) is 2.29. The first kappa shape index (κ1) is 8.19. The van der Waals surface area contributed by atoms with Crippen LogP contribution in [0, 0.1) is 0 Å². The van der Waals surface area contributed by atoms with Crippen LogP contribution in [0.4, 0.5) is 0 Å². The third-order valence-corrected chi connectivity index (χ3v) is 2.09. The third-order valence-electron chi connectivity index (χ3n) is 0.834. The van der Waals surface area contributed by atoms with E-state index in [-0.39, 0.29) is 0 Å². The number of rotatable bonds is 3. The van der Waals surface area contributed by atoms with Gasteiger partial charge in [0.15, 0.2) is 0 Å². The van der Waals surface area contributed by atoms with Crippen LogP contribution in [0.15, 0.2) is 0 Å². The molecule has 0 rings (SSSR count). The van der Waals surface area contributed by atoms with Crippen LogP contribution >= 0.6 is 7.14 Å². The summed E-state index contributed by atoms with van der Waals surface area (Å²) in [7, 11) is -0.187. The van der Waals surface area contributed by atoms with Crippen molar-refractivity contribution in [2.75, 3.05) is 33.2 Å². The van der Waals surface area contributed by atoms with Crippen molar-refractivity contribution in [3.05, 3.63) is 0 Å². The molecule has 0 aromatic carbocycles. The Balaban J connectivity index is 3.26. The summed E-state index contributed by atoms with van der Waals surface area (Å²) in [6.45, 7) is 4.16. The molecule has 0 bridgehead atoms. The van der Waals surface area contributed by atoms with Crippen molar-refractivity contribution in [1.82, 2.24) is 0 Å². The molecule has 0 spiro atoms. The highest BCUT2D eigenvalue weighted by Crippen LogP contribution is 2.34. The maximum Gasteiger partial charge on any atom is 0.0841 e. The van der Waals surface area contributed by atoms with Crippen LogP contribution in [0.3, 0.4) is 0 Å². The average molecular weight is 136 g/mol. The van der Waals surface area contributed by atoms with Gasteiger partial charge in [-0.1, -0.05) is 0 Å². The molecule has 0 aliphatic carbocycles. The topological polar surface area (TPSA) is 26.3 Å². The molecule has 0 N–H and O–H groups in total. The number of hydrogen-bond acceptors (Lipinski definition) is 2. The normalized spacial score (nSPS) is 11.9. The first-order valence-electron chi connectivity index (χ1n) is 2.59. The SMILES string of the molecule is COCCP(C)(C)=O. The van der Waals surface area contributed by atoms with Crippen LogP contribution in [0.25, 0.3) is 0 Å². The second-order valence-corrected chi connectivity index (χ2v) is 5.89. The number of ether oxygens (including phenoxy) is 1. The summed E-state index contributed by atoms with van der Waals surface area (Å²) < 4.78 is 15.6. The minimum atomic E-state index is -1.81. The van der Waals surface area contributed by atoms with E-state index in [2.05, 4.69) is 0 Å². The van der Waals surface area contributed by atoms with E-state index in [0.29, 0.717) is 12.8 Å². The lowest BCUT2D eigenvalue weighted by atomic mass is 10.9. The summed E-state index contributed by atoms with van der Waals surface area (Å²) >= 11 is 0.